The van der Waals surface area contributed by atoms with Crippen molar-refractivity contribution in [2.24, 2.45) is 0 Å². The number of benzene rings is 2. The highest BCUT2D eigenvalue weighted by molar-refractivity contribution is 6.36. The summed E-state index contributed by atoms with van der Waals surface area (Å²) in [6, 6.07) is 14.9. The van der Waals surface area contributed by atoms with Gasteiger partial charge in [0, 0.05) is 31.5 Å². The zero-order valence-electron chi connectivity index (χ0n) is 14.0. The van der Waals surface area contributed by atoms with Crippen LogP contribution in [0.4, 0.5) is 5.69 Å². The van der Waals surface area contributed by atoms with Gasteiger partial charge >= 0.3 is 0 Å². The Bertz CT molecular complexity index is 735. The molecule has 0 aliphatic heterocycles. The van der Waals surface area contributed by atoms with Crippen LogP contribution >= 0.6 is 23.2 Å². The number of rotatable bonds is 7. The second kappa shape index (κ2) is 9.44. The van der Waals surface area contributed by atoms with Crippen LogP contribution in [0.25, 0.3) is 0 Å². The Morgan fingerprint density at radius 2 is 1.80 bits per heavy atom. The van der Waals surface area contributed by atoms with Gasteiger partial charge in [-0.25, -0.2) is 0 Å². The van der Waals surface area contributed by atoms with Crippen molar-refractivity contribution in [2.45, 2.75) is 19.8 Å². The molecule has 0 atom stereocenters. The molecule has 0 fully saturated rings. The molecule has 0 aliphatic carbocycles. The minimum absolute atomic E-state index is 0.104. The highest BCUT2D eigenvalue weighted by Gasteiger charge is 2.16. The standard InChI is InChI=1S/C19H20Cl2N2O2/c1-14(24)23(18-8-7-16(20)13-17(18)21)12-10-19(25)22-11-9-15-5-3-2-4-6-15/h2-8,13H,9-12H2,1H3,(H,22,25). The molecule has 0 saturated carbocycles. The quantitative estimate of drug-likeness (QED) is 0.788. The van der Waals surface area contributed by atoms with Gasteiger partial charge < -0.3 is 10.2 Å². The van der Waals surface area contributed by atoms with E-state index in [2.05, 4.69) is 5.32 Å². The SMILES string of the molecule is CC(=O)N(CCC(=O)NCCc1ccccc1)c1ccc(Cl)cc1Cl. The van der Waals surface area contributed by atoms with Crippen LogP contribution in [0.1, 0.15) is 18.9 Å². The van der Waals surface area contributed by atoms with Crippen LogP contribution in [-0.4, -0.2) is 24.9 Å². The first-order chi connectivity index (χ1) is 12.0. The van der Waals surface area contributed by atoms with Crippen LogP contribution < -0.4 is 10.2 Å². The smallest absolute Gasteiger partial charge is 0.223 e. The molecular formula is C19H20Cl2N2O2. The predicted octanol–water partition coefficient (Wildman–Crippen LogP) is 4.10. The zero-order chi connectivity index (χ0) is 18.2. The van der Waals surface area contributed by atoms with Gasteiger partial charge in [-0.15, -0.1) is 0 Å². The lowest BCUT2D eigenvalue weighted by Gasteiger charge is -2.22. The van der Waals surface area contributed by atoms with Crippen LogP contribution in [0.3, 0.4) is 0 Å². The number of hydrogen-bond donors (Lipinski definition) is 1. The Balaban J connectivity index is 1.86. The maximum atomic E-state index is 12.0. The van der Waals surface area contributed by atoms with Crippen LogP contribution in [0, 0.1) is 0 Å². The fourth-order valence-corrected chi connectivity index (χ4v) is 2.95. The van der Waals surface area contributed by atoms with Gasteiger partial charge in [0.05, 0.1) is 10.7 Å². The first-order valence-corrected chi connectivity index (χ1v) is 8.76. The van der Waals surface area contributed by atoms with Crippen molar-refractivity contribution in [3.05, 3.63) is 64.1 Å². The molecule has 0 saturated heterocycles. The average Bonchev–Trinajstić information content (AvgIpc) is 2.57. The van der Waals surface area contributed by atoms with Gasteiger partial charge in [-0.05, 0) is 30.2 Å². The van der Waals surface area contributed by atoms with E-state index in [1.165, 1.54) is 17.4 Å². The molecule has 4 nitrogen and oxygen atoms in total. The lowest BCUT2D eigenvalue weighted by Crippen LogP contribution is -2.34. The molecule has 132 valence electrons. The molecule has 0 aliphatic rings. The zero-order valence-corrected chi connectivity index (χ0v) is 15.5. The van der Waals surface area contributed by atoms with Crippen molar-refractivity contribution < 1.29 is 9.59 Å². The normalized spacial score (nSPS) is 10.4. The molecule has 0 radical (unpaired) electrons. The molecule has 2 amide bonds. The van der Waals surface area contributed by atoms with E-state index in [-0.39, 0.29) is 24.8 Å². The van der Waals surface area contributed by atoms with E-state index in [1.54, 1.807) is 18.2 Å². The second-order valence-corrected chi connectivity index (χ2v) is 6.45. The third kappa shape index (κ3) is 6.07. The fourth-order valence-electron chi connectivity index (χ4n) is 2.44. The van der Waals surface area contributed by atoms with E-state index in [4.69, 9.17) is 23.2 Å². The van der Waals surface area contributed by atoms with Gasteiger partial charge in [0.25, 0.3) is 0 Å². The largest absolute Gasteiger partial charge is 0.356 e. The minimum atomic E-state index is -0.179. The molecule has 0 heterocycles. The van der Waals surface area contributed by atoms with Gasteiger partial charge in [-0.1, -0.05) is 53.5 Å². The molecule has 0 aromatic heterocycles. The van der Waals surface area contributed by atoms with Gasteiger partial charge in [-0.2, -0.15) is 0 Å². The third-order valence-electron chi connectivity index (χ3n) is 3.72. The molecule has 1 N–H and O–H groups in total. The highest BCUT2D eigenvalue weighted by atomic mass is 35.5. The van der Waals surface area contributed by atoms with Crippen molar-refractivity contribution >= 4 is 40.7 Å². The molecule has 0 unspecified atom stereocenters. The third-order valence-corrected chi connectivity index (χ3v) is 4.26. The van der Waals surface area contributed by atoms with Crippen LogP contribution in [0.15, 0.2) is 48.5 Å². The monoisotopic (exact) mass is 378 g/mol. The lowest BCUT2D eigenvalue weighted by atomic mass is 10.1. The molecular weight excluding hydrogens is 359 g/mol. The molecule has 0 spiro atoms. The molecule has 2 rings (SSSR count). The number of carbonyl (C=O) groups is 2. The molecule has 0 bridgehead atoms. The number of amides is 2. The topological polar surface area (TPSA) is 49.4 Å². The Hall–Kier alpha value is -2.04. The van der Waals surface area contributed by atoms with E-state index in [1.807, 2.05) is 30.3 Å². The van der Waals surface area contributed by atoms with Crippen LogP contribution in [-0.2, 0) is 16.0 Å². The van der Waals surface area contributed by atoms with Crippen molar-refractivity contribution in [1.29, 1.82) is 0 Å². The highest BCUT2D eigenvalue weighted by Crippen LogP contribution is 2.29. The van der Waals surface area contributed by atoms with Crippen molar-refractivity contribution in [1.82, 2.24) is 5.32 Å². The summed E-state index contributed by atoms with van der Waals surface area (Å²) >= 11 is 12.0. The summed E-state index contributed by atoms with van der Waals surface area (Å²) in [6.45, 7) is 2.26. The lowest BCUT2D eigenvalue weighted by molar-refractivity contribution is -0.121. The number of carbonyl (C=O) groups excluding carboxylic acids is 2. The Labute approximate surface area is 157 Å². The predicted molar refractivity (Wildman–Crippen MR) is 102 cm³/mol. The molecule has 25 heavy (non-hydrogen) atoms. The average molecular weight is 379 g/mol. The molecule has 2 aromatic carbocycles. The molecule has 6 heteroatoms. The number of halogens is 2. The molecule has 2 aromatic rings. The Kier molecular flexibility index (Phi) is 7.29. The maximum absolute atomic E-state index is 12.0. The number of nitrogens with zero attached hydrogens (tertiary/aromatic N) is 1. The number of hydrogen-bond acceptors (Lipinski definition) is 2. The van der Waals surface area contributed by atoms with Gasteiger partial charge in [0.2, 0.25) is 11.8 Å². The van der Waals surface area contributed by atoms with Crippen molar-refractivity contribution in [2.75, 3.05) is 18.0 Å². The van der Waals surface area contributed by atoms with Crippen molar-refractivity contribution in [3.63, 3.8) is 0 Å². The van der Waals surface area contributed by atoms with Gasteiger partial charge in [0.1, 0.15) is 0 Å². The number of anilines is 1. The van der Waals surface area contributed by atoms with Gasteiger partial charge in [-0.3, -0.25) is 9.59 Å². The first-order valence-electron chi connectivity index (χ1n) is 8.01. The van der Waals surface area contributed by atoms with Crippen LogP contribution in [0.5, 0.6) is 0 Å². The summed E-state index contributed by atoms with van der Waals surface area (Å²) in [5.41, 5.74) is 1.72. The summed E-state index contributed by atoms with van der Waals surface area (Å²) in [4.78, 5) is 25.4. The van der Waals surface area contributed by atoms with Gasteiger partial charge in [0.15, 0.2) is 0 Å². The van der Waals surface area contributed by atoms with Crippen LogP contribution in [0.2, 0.25) is 10.0 Å². The van der Waals surface area contributed by atoms with E-state index >= 15 is 0 Å². The first kappa shape index (κ1) is 19.3. The minimum Gasteiger partial charge on any atom is -0.356 e. The van der Waals surface area contributed by atoms with E-state index in [9.17, 15) is 9.59 Å². The van der Waals surface area contributed by atoms with Crippen molar-refractivity contribution in [3.8, 4) is 0 Å². The Morgan fingerprint density at radius 1 is 1.08 bits per heavy atom. The summed E-state index contributed by atoms with van der Waals surface area (Å²) < 4.78 is 0. The number of nitrogens with one attached hydrogen (secondary N) is 1. The summed E-state index contributed by atoms with van der Waals surface area (Å²) in [7, 11) is 0. The van der Waals surface area contributed by atoms with E-state index < -0.39 is 0 Å². The van der Waals surface area contributed by atoms with E-state index in [0.29, 0.717) is 22.3 Å². The second-order valence-electron chi connectivity index (χ2n) is 5.60. The summed E-state index contributed by atoms with van der Waals surface area (Å²) in [6.07, 6.45) is 0.972. The van der Waals surface area contributed by atoms with E-state index in [0.717, 1.165) is 6.42 Å². The summed E-state index contributed by atoms with van der Waals surface area (Å²) in [5.74, 6) is -0.284. The maximum Gasteiger partial charge on any atom is 0.223 e. The fraction of sp³-hybridized carbons (Fsp3) is 0.263. The summed E-state index contributed by atoms with van der Waals surface area (Å²) in [5, 5.41) is 3.75. The Morgan fingerprint density at radius 3 is 2.44 bits per heavy atom.